The van der Waals surface area contributed by atoms with E-state index in [0.29, 0.717) is 11.8 Å². The first kappa shape index (κ1) is 12.5. The maximum Gasteiger partial charge on any atom is 0.108 e. The third-order valence-electron chi connectivity index (χ3n) is 3.14. The predicted octanol–water partition coefficient (Wildman–Crippen LogP) is 1.06. The van der Waals surface area contributed by atoms with Gasteiger partial charge in [-0.25, -0.2) is 0 Å². The highest BCUT2D eigenvalue weighted by molar-refractivity contribution is 5.82. The van der Waals surface area contributed by atoms with Crippen LogP contribution in [0.5, 0.6) is 0 Å². The molecule has 0 radical (unpaired) electrons. The molecule has 3 N–H and O–H groups in total. The summed E-state index contributed by atoms with van der Waals surface area (Å²) in [5, 5.41) is 7.56. The van der Waals surface area contributed by atoms with E-state index >= 15 is 0 Å². The first-order valence-electron chi connectivity index (χ1n) is 5.76. The van der Waals surface area contributed by atoms with Crippen molar-refractivity contribution < 1.29 is 4.74 Å². The Morgan fingerprint density at radius 3 is 2.93 bits per heavy atom. The fourth-order valence-corrected chi connectivity index (χ4v) is 2.43. The van der Waals surface area contributed by atoms with Crippen molar-refractivity contribution in [2.24, 2.45) is 11.7 Å². The summed E-state index contributed by atoms with van der Waals surface area (Å²) in [4.78, 5) is 2.33. The van der Waals surface area contributed by atoms with Gasteiger partial charge in [-0.2, -0.15) is 0 Å². The highest BCUT2D eigenvalue weighted by atomic mass is 16.5. The third kappa shape index (κ3) is 3.47. The lowest BCUT2D eigenvalue weighted by atomic mass is 9.96. The summed E-state index contributed by atoms with van der Waals surface area (Å²) in [6, 6.07) is 0.129. The van der Waals surface area contributed by atoms with E-state index in [1.807, 2.05) is 0 Å². The number of nitrogens with one attached hydrogen (secondary N) is 1. The van der Waals surface area contributed by atoms with Crippen LogP contribution in [0, 0.1) is 11.3 Å². The van der Waals surface area contributed by atoms with Crippen LogP contribution < -0.4 is 5.73 Å². The summed E-state index contributed by atoms with van der Waals surface area (Å²) in [7, 11) is 1.75. The van der Waals surface area contributed by atoms with Gasteiger partial charge in [0.2, 0.25) is 0 Å². The van der Waals surface area contributed by atoms with Crippen LogP contribution in [0.2, 0.25) is 0 Å². The van der Waals surface area contributed by atoms with Gasteiger partial charge >= 0.3 is 0 Å². The number of nitrogens with two attached hydrogens (primary N) is 1. The highest BCUT2D eigenvalue weighted by Gasteiger charge is 2.26. The molecule has 0 saturated carbocycles. The molecule has 4 nitrogen and oxygen atoms in total. The van der Waals surface area contributed by atoms with Crippen LogP contribution in [-0.4, -0.2) is 43.6 Å². The molecule has 0 spiro atoms. The van der Waals surface area contributed by atoms with Crippen LogP contribution >= 0.6 is 0 Å². The van der Waals surface area contributed by atoms with Crippen molar-refractivity contribution >= 4 is 5.84 Å². The van der Waals surface area contributed by atoms with Crippen LogP contribution in [-0.2, 0) is 4.74 Å². The average Bonchev–Trinajstić information content (AvgIpc) is 2.19. The second-order valence-corrected chi connectivity index (χ2v) is 4.34. The third-order valence-corrected chi connectivity index (χ3v) is 3.14. The van der Waals surface area contributed by atoms with Crippen molar-refractivity contribution in [1.29, 1.82) is 5.41 Å². The molecule has 0 aliphatic carbocycles. The van der Waals surface area contributed by atoms with Crippen molar-refractivity contribution in [3.05, 3.63) is 0 Å². The van der Waals surface area contributed by atoms with Gasteiger partial charge in [-0.05, 0) is 31.7 Å². The number of hydrogen-bond donors (Lipinski definition) is 2. The lowest BCUT2D eigenvalue weighted by Crippen LogP contribution is -2.49. The minimum absolute atomic E-state index is 0.129. The zero-order valence-corrected chi connectivity index (χ0v) is 9.83. The molecule has 4 heteroatoms. The normalized spacial score (nSPS) is 25.1. The summed E-state index contributed by atoms with van der Waals surface area (Å²) < 4.78 is 5.19. The summed E-state index contributed by atoms with van der Waals surface area (Å²) in [6.07, 6.45) is 3.35. The molecule has 0 bridgehead atoms. The summed E-state index contributed by atoms with van der Waals surface area (Å²) >= 11 is 0. The standard InChI is InChI=1S/C11H23N3O/c1-3-10(11(12)13)14-6-4-5-9(7-14)8-15-2/h9-10H,3-8H2,1-2H3,(H3,12,13). The quantitative estimate of drug-likeness (QED) is 0.530. The molecule has 1 heterocycles. The Morgan fingerprint density at radius 2 is 2.40 bits per heavy atom. The molecule has 1 saturated heterocycles. The van der Waals surface area contributed by atoms with Gasteiger partial charge in [0.05, 0.1) is 12.6 Å². The Morgan fingerprint density at radius 1 is 1.67 bits per heavy atom. The van der Waals surface area contributed by atoms with Crippen LogP contribution in [0.15, 0.2) is 0 Å². The number of rotatable bonds is 5. The molecule has 88 valence electrons. The van der Waals surface area contributed by atoms with E-state index in [4.69, 9.17) is 15.9 Å². The number of hydrogen-bond acceptors (Lipinski definition) is 3. The lowest BCUT2D eigenvalue weighted by molar-refractivity contribution is 0.0807. The second kappa shape index (κ2) is 6.08. The van der Waals surface area contributed by atoms with Crippen LogP contribution in [0.4, 0.5) is 0 Å². The fourth-order valence-electron chi connectivity index (χ4n) is 2.43. The molecule has 1 aliphatic heterocycles. The first-order chi connectivity index (χ1) is 7.19. The molecule has 1 aliphatic rings. The molecule has 0 aromatic heterocycles. The van der Waals surface area contributed by atoms with E-state index in [9.17, 15) is 0 Å². The first-order valence-corrected chi connectivity index (χ1v) is 5.76. The second-order valence-electron chi connectivity index (χ2n) is 4.34. The smallest absolute Gasteiger partial charge is 0.108 e. The molecule has 2 atom stereocenters. The molecule has 2 unspecified atom stereocenters. The maximum atomic E-state index is 7.56. The molecule has 0 amide bonds. The number of methoxy groups -OCH3 is 1. The van der Waals surface area contributed by atoms with Gasteiger partial charge in [-0.1, -0.05) is 6.92 Å². The molecule has 0 aromatic carbocycles. The Balaban J connectivity index is 2.50. The average molecular weight is 213 g/mol. The van der Waals surface area contributed by atoms with Crippen molar-refractivity contribution in [2.75, 3.05) is 26.8 Å². The van der Waals surface area contributed by atoms with E-state index in [2.05, 4.69) is 11.8 Å². The van der Waals surface area contributed by atoms with E-state index in [1.54, 1.807) is 7.11 Å². The zero-order valence-electron chi connectivity index (χ0n) is 9.83. The predicted molar refractivity (Wildman–Crippen MR) is 62.2 cm³/mol. The van der Waals surface area contributed by atoms with Crippen LogP contribution in [0.1, 0.15) is 26.2 Å². The Kier molecular flexibility index (Phi) is 5.05. The monoisotopic (exact) mass is 213 g/mol. The zero-order chi connectivity index (χ0) is 11.3. The van der Waals surface area contributed by atoms with Gasteiger partial charge in [0.15, 0.2) is 0 Å². The maximum absolute atomic E-state index is 7.56. The lowest BCUT2D eigenvalue weighted by Gasteiger charge is -2.37. The van der Waals surface area contributed by atoms with E-state index in [0.717, 1.165) is 26.1 Å². The number of likely N-dealkylation sites (tertiary alicyclic amines) is 1. The molecule has 1 rings (SSSR count). The molecule has 15 heavy (non-hydrogen) atoms. The molecular formula is C11H23N3O. The Bertz CT molecular complexity index is 206. The van der Waals surface area contributed by atoms with Gasteiger partial charge in [0, 0.05) is 13.7 Å². The Labute approximate surface area is 92.3 Å². The van der Waals surface area contributed by atoms with Crippen LogP contribution in [0.25, 0.3) is 0 Å². The van der Waals surface area contributed by atoms with Gasteiger partial charge in [-0.3, -0.25) is 10.3 Å². The SMILES string of the molecule is CCC(C(=N)N)N1CCCC(COC)C1. The number of piperidine rings is 1. The van der Waals surface area contributed by atoms with Crippen molar-refractivity contribution in [3.63, 3.8) is 0 Å². The van der Waals surface area contributed by atoms with E-state index in [-0.39, 0.29) is 6.04 Å². The van der Waals surface area contributed by atoms with Gasteiger partial charge < -0.3 is 10.5 Å². The van der Waals surface area contributed by atoms with E-state index in [1.165, 1.54) is 12.8 Å². The summed E-state index contributed by atoms with van der Waals surface area (Å²) in [6.45, 7) is 5.00. The van der Waals surface area contributed by atoms with Crippen molar-refractivity contribution in [1.82, 2.24) is 4.90 Å². The fraction of sp³-hybridized carbons (Fsp3) is 0.909. The van der Waals surface area contributed by atoms with Crippen molar-refractivity contribution in [3.8, 4) is 0 Å². The van der Waals surface area contributed by atoms with Gasteiger partial charge in [0.25, 0.3) is 0 Å². The highest BCUT2D eigenvalue weighted by Crippen LogP contribution is 2.19. The number of nitrogens with zero attached hydrogens (tertiary/aromatic N) is 1. The Hall–Kier alpha value is -0.610. The summed E-state index contributed by atoms with van der Waals surface area (Å²) in [5.74, 6) is 0.910. The van der Waals surface area contributed by atoms with Crippen LogP contribution in [0.3, 0.4) is 0 Å². The van der Waals surface area contributed by atoms with Gasteiger partial charge in [-0.15, -0.1) is 0 Å². The number of amidine groups is 1. The molecular weight excluding hydrogens is 190 g/mol. The molecule has 1 fully saturated rings. The topological polar surface area (TPSA) is 62.3 Å². The molecule has 0 aromatic rings. The number of ether oxygens (including phenoxy) is 1. The van der Waals surface area contributed by atoms with E-state index < -0.39 is 0 Å². The minimum atomic E-state index is 0.129. The minimum Gasteiger partial charge on any atom is -0.386 e. The largest absolute Gasteiger partial charge is 0.386 e. The van der Waals surface area contributed by atoms with Crippen molar-refractivity contribution in [2.45, 2.75) is 32.2 Å². The van der Waals surface area contributed by atoms with Gasteiger partial charge in [0.1, 0.15) is 5.84 Å². The summed E-state index contributed by atoms with van der Waals surface area (Å²) in [5.41, 5.74) is 5.61.